The summed E-state index contributed by atoms with van der Waals surface area (Å²) in [5.41, 5.74) is 2.27. The first kappa shape index (κ1) is 24.0. The van der Waals surface area contributed by atoms with Crippen molar-refractivity contribution in [3.05, 3.63) is 53.6 Å². The number of nitrogens with zero attached hydrogens (tertiary/aromatic N) is 1. The quantitative estimate of drug-likeness (QED) is 0.575. The fraction of sp³-hybridized carbons (Fsp3) is 0.435. The van der Waals surface area contributed by atoms with E-state index in [9.17, 15) is 13.2 Å². The van der Waals surface area contributed by atoms with Gasteiger partial charge in [0.15, 0.2) is 6.10 Å². The van der Waals surface area contributed by atoms with E-state index in [0.29, 0.717) is 44.3 Å². The number of ether oxygens (including phenoxy) is 3. The van der Waals surface area contributed by atoms with E-state index in [2.05, 4.69) is 5.32 Å². The van der Waals surface area contributed by atoms with E-state index >= 15 is 0 Å². The van der Waals surface area contributed by atoms with Gasteiger partial charge in [0.1, 0.15) is 18.1 Å². The lowest BCUT2D eigenvalue weighted by molar-refractivity contribution is -0.127. The summed E-state index contributed by atoms with van der Waals surface area (Å²) in [5, 5.41) is 2.77. The normalized spacial score (nSPS) is 15.7. The lowest BCUT2D eigenvalue weighted by atomic mass is 10.1. The molecular formula is C23H30N2O6S. The fourth-order valence-corrected chi connectivity index (χ4v) is 4.58. The Balaban J connectivity index is 1.43. The summed E-state index contributed by atoms with van der Waals surface area (Å²) < 4.78 is 43.2. The maximum Gasteiger partial charge on any atom is 0.260 e. The fourth-order valence-electron chi connectivity index (χ4n) is 3.18. The minimum Gasteiger partial charge on any atom is -0.492 e. The van der Waals surface area contributed by atoms with Crippen LogP contribution in [0, 0.1) is 13.8 Å². The maximum absolute atomic E-state index is 12.6. The Morgan fingerprint density at radius 3 is 2.38 bits per heavy atom. The number of amides is 1. The summed E-state index contributed by atoms with van der Waals surface area (Å²) in [5.74, 6) is 0.942. The van der Waals surface area contributed by atoms with Crippen molar-refractivity contribution in [1.82, 2.24) is 9.62 Å². The van der Waals surface area contributed by atoms with Crippen molar-refractivity contribution in [2.75, 3.05) is 39.5 Å². The van der Waals surface area contributed by atoms with Crippen LogP contribution in [-0.4, -0.2) is 64.2 Å². The number of aryl methyl sites for hydroxylation is 2. The van der Waals surface area contributed by atoms with Crippen molar-refractivity contribution < 1.29 is 27.4 Å². The molecule has 1 fully saturated rings. The monoisotopic (exact) mass is 462 g/mol. The molecule has 1 heterocycles. The van der Waals surface area contributed by atoms with Crippen LogP contribution in [0.15, 0.2) is 47.4 Å². The second-order valence-electron chi connectivity index (χ2n) is 7.63. The summed E-state index contributed by atoms with van der Waals surface area (Å²) in [4.78, 5) is 12.5. The summed E-state index contributed by atoms with van der Waals surface area (Å²) in [7, 11) is -3.53. The summed E-state index contributed by atoms with van der Waals surface area (Å²) in [6.07, 6.45) is -0.637. The van der Waals surface area contributed by atoms with Crippen LogP contribution >= 0.6 is 0 Å². The Morgan fingerprint density at radius 2 is 1.72 bits per heavy atom. The second kappa shape index (κ2) is 10.8. The number of carbonyl (C=O) groups excluding carboxylic acids is 1. The Bertz CT molecular complexity index is 1020. The number of rotatable bonds is 9. The average molecular weight is 463 g/mol. The standard InChI is InChI=1S/C23H30N2O6S/c1-17-4-5-21(16-18(17)2)31-19(3)23(26)24-10-13-30-20-6-8-22(9-7-20)32(27,28)25-11-14-29-15-12-25/h4-9,16,19H,10-15H2,1-3H3,(H,24,26)/t19-/m1/s1. The van der Waals surface area contributed by atoms with Crippen LogP contribution in [0.25, 0.3) is 0 Å². The van der Waals surface area contributed by atoms with Crippen LogP contribution in [-0.2, 0) is 19.6 Å². The zero-order chi connectivity index (χ0) is 23.1. The molecular weight excluding hydrogens is 432 g/mol. The van der Waals surface area contributed by atoms with E-state index in [1.54, 1.807) is 19.1 Å². The highest BCUT2D eigenvalue weighted by Gasteiger charge is 2.26. The molecule has 0 saturated carbocycles. The highest BCUT2D eigenvalue weighted by atomic mass is 32.2. The molecule has 0 aliphatic carbocycles. The predicted molar refractivity (Wildman–Crippen MR) is 121 cm³/mol. The first-order chi connectivity index (χ1) is 15.3. The molecule has 32 heavy (non-hydrogen) atoms. The summed E-state index contributed by atoms with van der Waals surface area (Å²) >= 11 is 0. The third kappa shape index (κ3) is 6.21. The second-order valence-corrected chi connectivity index (χ2v) is 9.57. The van der Waals surface area contributed by atoms with Gasteiger partial charge < -0.3 is 19.5 Å². The molecule has 1 amide bonds. The topological polar surface area (TPSA) is 94.2 Å². The highest BCUT2D eigenvalue weighted by molar-refractivity contribution is 7.89. The van der Waals surface area contributed by atoms with Crippen molar-refractivity contribution >= 4 is 15.9 Å². The number of nitrogens with one attached hydrogen (secondary N) is 1. The van der Waals surface area contributed by atoms with Crippen LogP contribution in [0.3, 0.4) is 0 Å². The molecule has 0 unspecified atom stereocenters. The van der Waals surface area contributed by atoms with Gasteiger partial charge >= 0.3 is 0 Å². The SMILES string of the molecule is Cc1ccc(O[C@H](C)C(=O)NCCOc2ccc(S(=O)(=O)N3CCOCC3)cc2)cc1C. The van der Waals surface area contributed by atoms with Gasteiger partial charge in [0.25, 0.3) is 5.91 Å². The van der Waals surface area contributed by atoms with Crippen LogP contribution in [0.2, 0.25) is 0 Å². The van der Waals surface area contributed by atoms with Gasteiger partial charge in [-0.3, -0.25) is 4.79 Å². The molecule has 2 aromatic rings. The van der Waals surface area contributed by atoms with Gasteiger partial charge in [-0.2, -0.15) is 4.31 Å². The third-order valence-electron chi connectivity index (χ3n) is 5.26. The lowest BCUT2D eigenvalue weighted by Gasteiger charge is -2.26. The van der Waals surface area contributed by atoms with Gasteiger partial charge in [0.2, 0.25) is 10.0 Å². The van der Waals surface area contributed by atoms with Crippen LogP contribution in [0.4, 0.5) is 0 Å². The van der Waals surface area contributed by atoms with Gasteiger partial charge in [-0.15, -0.1) is 0 Å². The van der Waals surface area contributed by atoms with Gasteiger partial charge in [0, 0.05) is 13.1 Å². The largest absolute Gasteiger partial charge is 0.492 e. The van der Waals surface area contributed by atoms with Crippen LogP contribution < -0.4 is 14.8 Å². The number of benzene rings is 2. The van der Waals surface area contributed by atoms with E-state index in [4.69, 9.17) is 14.2 Å². The zero-order valence-electron chi connectivity index (χ0n) is 18.7. The van der Waals surface area contributed by atoms with Gasteiger partial charge in [-0.1, -0.05) is 6.07 Å². The van der Waals surface area contributed by atoms with E-state index in [1.807, 2.05) is 32.0 Å². The molecule has 0 aromatic heterocycles. The maximum atomic E-state index is 12.6. The molecule has 1 saturated heterocycles. The number of morpholine rings is 1. The minimum absolute atomic E-state index is 0.220. The van der Waals surface area contributed by atoms with Gasteiger partial charge in [-0.05, 0) is 68.3 Å². The number of carbonyl (C=O) groups is 1. The van der Waals surface area contributed by atoms with Crippen LogP contribution in [0.1, 0.15) is 18.1 Å². The van der Waals surface area contributed by atoms with Crippen molar-refractivity contribution in [1.29, 1.82) is 0 Å². The van der Waals surface area contributed by atoms with E-state index in [-0.39, 0.29) is 17.4 Å². The predicted octanol–water partition coefficient (Wildman–Crippen LogP) is 2.29. The third-order valence-corrected chi connectivity index (χ3v) is 7.17. The highest BCUT2D eigenvalue weighted by Crippen LogP contribution is 2.20. The first-order valence-electron chi connectivity index (χ1n) is 10.6. The van der Waals surface area contributed by atoms with Crippen molar-refractivity contribution in [2.24, 2.45) is 0 Å². The molecule has 8 nitrogen and oxygen atoms in total. The molecule has 0 radical (unpaired) electrons. The lowest BCUT2D eigenvalue weighted by Crippen LogP contribution is -2.40. The molecule has 174 valence electrons. The molecule has 0 bridgehead atoms. The summed E-state index contributed by atoms with van der Waals surface area (Å²) in [6, 6.07) is 12.0. The molecule has 1 atom stereocenters. The molecule has 9 heteroatoms. The van der Waals surface area contributed by atoms with Crippen LogP contribution in [0.5, 0.6) is 11.5 Å². The Labute approximate surface area is 189 Å². The molecule has 1 N–H and O–H groups in total. The molecule has 1 aliphatic heterocycles. The van der Waals surface area contributed by atoms with Crippen molar-refractivity contribution in [3.8, 4) is 11.5 Å². The molecule has 1 aliphatic rings. The average Bonchev–Trinajstić information content (AvgIpc) is 2.80. The Hall–Kier alpha value is -2.62. The van der Waals surface area contributed by atoms with Gasteiger partial charge in [0.05, 0.1) is 24.7 Å². The molecule has 2 aromatic carbocycles. The summed E-state index contributed by atoms with van der Waals surface area (Å²) in [6.45, 7) is 7.77. The van der Waals surface area contributed by atoms with Gasteiger partial charge in [-0.25, -0.2) is 8.42 Å². The number of hydrogen-bond donors (Lipinski definition) is 1. The van der Waals surface area contributed by atoms with E-state index in [0.717, 1.165) is 5.56 Å². The van der Waals surface area contributed by atoms with Crippen molar-refractivity contribution in [3.63, 3.8) is 0 Å². The first-order valence-corrected chi connectivity index (χ1v) is 12.0. The molecule has 0 spiro atoms. The van der Waals surface area contributed by atoms with E-state index in [1.165, 1.54) is 22.0 Å². The Kier molecular flexibility index (Phi) is 8.11. The number of sulfonamides is 1. The smallest absolute Gasteiger partial charge is 0.260 e. The number of hydrogen-bond acceptors (Lipinski definition) is 6. The van der Waals surface area contributed by atoms with E-state index < -0.39 is 16.1 Å². The molecule has 3 rings (SSSR count). The minimum atomic E-state index is -3.53. The Morgan fingerprint density at radius 1 is 1.06 bits per heavy atom. The zero-order valence-corrected chi connectivity index (χ0v) is 19.5. The van der Waals surface area contributed by atoms with Crippen molar-refractivity contribution in [2.45, 2.75) is 31.8 Å².